The Bertz CT molecular complexity index is 1400. The van der Waals surface area contributed by atoms with Gasteiger partial charge in [0.25, 0.3) is 5.95 Å². The third-order valence-corrected chi connectivity index (χ3v) is 6.12. The summed E-state index contributed by atoms with van der Waals surface area (Å²) in [5.41, 5.74) is 4.04. The first-order valence-corrected chi connectivity index (χ1v) is 11.5. The van der Waals surface area contributed by atoms with Crippen LogP contribution in [0.1, 0.15) is 36.1 Å². The summed E-state index contributed by atoms with van der Waals surface area (Å²) in [6.45, 7) is 4.35. The predicted molar refractivity (Wildman–Crippen MR) is 131 cm³/mol. The van der Waals surface area contributed by atoms with Crippen molar-refractivity contribution < 1.29 is 14.3 Å². The highest BCUT2D eigenvalue weighted by molar-refractivity contribution is 6.30. The quantitative estimate of drug-likeness (QED) is 0.422. The lowest BCUT2D eigenvalue weighted by molar-refractivity contribution is -0.116. The lowest BCUT2D eigenvalue weighted by atomic mass is 9.85. The van der Waals surface area contributed by atoms with Gasteiger partial charge in [0, 0.05) is 28.5 Å². The van der Waals surface area contributed by atoms with E-state index in [2.05, 4.69) is 25.6 Å². The van der Waals surface area contributed by atoms with E-state index in [0.717, 1.165) is 22.4 Å². The number of carbonyl (C=O) groups excluding carboxylic acids is 1. The summed E-state index contributed by atoms with van der Waals surface area (Å²) < 4.78 is 12.7. The molecule has 0 radical (unpaired) electrons. The number of halogens is 1. The minimum absolute atomic E-state index is 0.127. The number of methoxy groups -OCH3 is 1. The Morgan fingerprint density at radius 1 is 1.17 bits per heavy atom. The largest absolute Gasteiger partial charge is 0.493 e. The Morgan fingerprint density at radius 2 is 1.97 bits per heavy atom. The second-order valence-corrected chi connectivity index (χ2v) is 8.49. The molecule has 0 aliphatic carbocycles. The first kappa shape index (κ1) is 22.8. The van der Waals surface area contributed by atoms with E-state index >= 15 is 0 Å². The fourth-order valence-corrected chi connectivity index (χ4v) is 4.42. The molecule has 0 unspecified atom stereocenters. The van der Waals surface area contributed by atoms with Crippen LogP contribution in [0, 0.1) is 6.92 Å². The highest BCUT2D eigenvalue weighted by Crippen LogP contribution is 2.42. The molecule has 2 aromatic carbocycles. The first-order chi connectivity index (χ1) is 17.0. The predicted octanol–water partition coefficient (Wildman–Crippen LogP) is 4.57. The van der Waals surface area contributed by atoms with E-state index in [1.54, 1.807) is 25.4 Å². The minimum Gasteiger partial charge on any atom is -0.493 e. The summed E-state index contributed by atoms with van der Waals surface area (Å²) in [6.07, 6.45) is 1.85. The minimum atomic E-state index is -0.218. The van der Waals surface area contributed by atoms with Crippen molar-refractivity contribution in [3.8, 4) is 28.7 Å². The van der Waals surface area contributed by atoms with E-state index < -0.39 is 0 Å². The van der Waals surface area contributed by atoms with Crippen LogP contribution in [-0.4, -0.2) is 44.6 Å². The Kier molecular flexibility index (Phi) is 6.08. The van der Waals surface area contributed by atoms with Crippen molar-refractivity contribution >= 4 is 23.3 Å². The maximum atomic E-state index is 12.8. The number of nitrogens with one attached hydrogen (secondary N) is 1. The topological polar surface area (TPSA) is 104 Å². The highest BCUT2D eigenvalue weighted by atomic mass is 35.5. The molecule has 0 saturated carbocycles. The normalized spacial score (nSPS) is 14.9. The number of ether oxygens (including phenoxy) is 2. The van der Waals surface area contributed by atoms with Gasteiger partial charge in [-0.05, 0) is 43.7 Å². The summed E-state index contributed by atoms with van der Waals surface area (Å²) in [6, 6.07) is 13.0. The maximum Gasteiger partial charge on any atom is 0.272 e. The van der Waals surface area contributed by atoms with Crippen molar-refractivity contribution in [1.29, 1.82) is 0 Å². The lowest BCUT2D eigenvalue weighted by Gasteiger charge is -2.24. The number of nitrogens with zero attached hydrogens (tertiary/aromatic N) is 5. The number of fused-ring (bicyclic) bond motifs is 1. The SMILES string of the molecule is CCOc1ccc([C@H]2CC(=O)Nc3c2c(C)nn3-c2nncc(-c3ccc(Cl)cc3)n2)cc1OC. The maximum absolute atomic E-state index is 12.8. The monoisotopic (exact) mass is 490 g/mol. The van der Waals surface area contributed by atoms with Gasteiger partial charge in [-0.25, -0.2) is 4.98 Å². The van der Waals surface area contributed by atoms with Crippen LogP contribution in [0.2, 0.25) is 5.02 Å². The number of anilines is 1. The molecule has 0 spiro atoms. The van der Waals surface area contributed by atoms with Crippen LogP contribution in [0.25, 0.3) is 17.2 Å². The molecule has 178 valence electrons. The summed E-state index contributed by atoms with van der Waals surface area (Å²) >= 11 is 6.01. The number of aryl methyl sites for hydroxylation is 1. The number of hydrogen-bond acceptors (Lipinski definition) is 7. The summed E-state index contributed by atoms with van der Waals surface area (Å²) in [4.78, 5) is 17.4. The number of aromatic nitrogens is 5. The fraction of sp³-hybridized carbons (Fsp3) is 0.240. The van der Waals surface area contributed by atoms with Crippen molar-refractivity contribution in [3.05, 3.63) is 70.5 Å². The number of amides is 1. The lowest BCUT2D eigenvalue weighted by Crippen LogP contribution is -2.25. The second kappa shape index (κ2) is 9.34. The van der Waals surface area contributed by atoms with Crippen LogP contribution in [0.15, 0.2) is 48.7 Å². The number of benzene rings is 2. The molecule has 0 bridgehead atoms. The number of hydrogen-bond donors (Lipinski definition) is 1. The molecule has 9 nitrogen and oxygen atoms in total. The van der Waals surface area contributed by atoms with Crippen LogP contribution in [0.4, 0.5) is 5.82 Å². The molecule has 5 rings (SSSR count). The van der Waals surface area contributed by atoms with Gasteiger partial charge < -0.3 is 14.8 Å². The number of carbonyl (C=O) groups is 1. The zero-order valence-corrected chi connectivity index (χ0v) is 20.2. The molecule has 35 heavy (non-hydrogen) atoms. The summed E-state index contributed by atoms with van der Waals surface area (Å²) in [5.74, 6) is 1.72. The Balaban J connectivity index is 1.58. The van der Waals surface area contributed by atoms with Gasteiger partial charge in [0.05, 0.1) is 31.3 Å². The molecule has 10 heteroatoms. The average Bonchev–Trinajstić information content (AvgIpc) is 3.20. The molecular weight excluding hydrogens is 468 g/mol. The smallest absolute Gasteiger partial charge is 0.272 e. The van der Waals surface area contributed by atoms with Crippen LogP contribution < -0.4 is 14.8 Å². The molecule has 1 amide bonds. The molecular formula is C25H23ClN6O3. The number of rotatable bonds is 6. The van der Waals surface area contributed by atoms with Crippen molar-refractivity contribution in [1.82, 2.24) is 25.0 Å². The molecule has 3 heterocycles. The average molecular weight is 491 g/mol. The van der Waals surface area contributed by atoms with Crippen LogP contribution in [-0.2, 0) is 4.79 Å². The van der Waals surface area contributed by atoms with Gasteiger partial charge in [-0.2, -0.15) is 14.9 Å². The highest BCUT2D eigenvalue weighted by Gasteiger charge is 2.33. The zero-order chi connectivity index (χ0) is 24.5. The second-order valence-electron chi connectivity index (χ2n) is 8.06. The van der Waals surface area contributed by atoms with E-state index in [1.165, 1.54) is 4.68 Å². The fourth-order valence-electron chi connectivity index (χ4n) is 4.30. The van der Waals surface area contributed by atoms with Crippen LogP contribution >= 0.6 is 11.6 Å². The van der Waals surface area contributed by atoms with E-state index in [9.17, 15) is 4.79 Å². The summed E-state index contributed by atoms with van der Waals surface area (Å²) in [5, 5.41) is 16.6. The van der Waals surface area contributed by atoms with Crippen molar-refractivity contribution in [2.24, 2.45) is 0 Å². The molecule has 2 aromatic heterocycles. The van der Waals surface area contributed by atoms with Crippen molar-refractivity contribution in [2.45, 2.75) is 26.2 Å². The van der Waals surface area contributed by atoms with Gasteiger partial charge in [0.1, 0.15) is 5.82 Å². The Morgan fingerprint density at radius 3 is 2.71 bits per heavy atom. The van der Waals surface area contributed by atoms with Crippen LogP contribution in [0.5, 0.6) is 11.5 Å². The van der Waals surface area contributed by atoms with Gasteiger partial charge in [0.2, 0.25) is 5.91 Å². The van der Waals surface area contributed by atoms with E-state index in [4.69, 9.17) is 21.1 Å². The van der Waals surface area contributed by atoms with Gasteiger partial charge in [0.15, 0.2) is 11.5 Å². The summed E-state index contributed by atoms with van der Waals surface area (Å²) in [7, 11) is 1.60. The van der Waals surface area contributed by atoms with Crippen molar-refractivity contribution in [2.75, 3.05) is 19.0 Å². The van der Waals surface area contributed by atoms with Crippen LogP contribution in [0.3, 0.4) is 0 Å². The Labute approximate surface area is 207 Å². The zero-order valence-electron chi connectivity index (χ0n) is 19.4. The molecule has 4 aromatic rings. The third kappa shape index (κ3) is 4.30. The Hall–Kier alpha value is -3.98. The molecule has 1 aliphatic rings. The van der Waals surface area contributed by atoms with Crippen molar-refractivity contribution in [3.63, 3.8) is 0 Å². The van der Waals surface area contributed by atoms with Gasteiger partial charge in [-0.15, -0.1) is 5.10 Å². The van der Waals surface area contributed by atoms with Gasteiger partial charge in [-0.1, -0.05) is 29.8 Å². The van der Waals surface area contributed by atoms with Gasteiger partial charge >= 0.3 is 0 Å². The standard InChI is InChI=1S/C25H23ClN6O3/c1-4-35-20-10-7-16(11-21(20)34-3)18-12-22(33)29-24-23(18)14(2)31-32(24)25-28-19(13-27-30-25)15-5-8-17(26)9-6-15/h5-11,13,18H,4,12H2,1-3H3,(H,29,33)/t18-/m1/s1. The third-order valence-electron chi connectivity index (χ3n) is 5.87. The molecule has 0 saturated heterocycles. The van der Waals surface area contributed by atoms with Gasteiger partial charge in [-0.3, -0.25) is 4.79 Å². The van der Waals surface area contributed by atoms with E-state index in [0.29, 0.717) is 34.6 Å². The van der Waals surface area contributed by atoms with E-state index in [1.807, 2.05) is 44.2 Å². The first-order valence-electron chi connectivity index (χ1n) is 11.1. The molecule has 0 fully saturated rings. The molecule has 1 aliphatic heterocycles. The molecule has 1 atom stereocenters. The van der Waals surface area contributed by atoms with E-state index in [-0.39, 0.29) is 24.2 Å². The molecule has 1 N–H and O–H groups in total.